The standard InChI is InChI=1S/C39H42N2O4/c1-26(2)25-41(36(43)19-14-28-10-6-4-7-11-28)32-16-15-31-33-24-30-34(44-27(3)42)17-18-35-37(30)39(31,38(32)45-35)21-23-40(33)22-20-29-12-8-5-9-13-29/h4-13,17-18,26,31-33,38H,15-16,20-25H2,1-3H3/t31-,32-,33+,38-,39-/m0/s1. The van der Waals surface area contributed by atoms with Crippen LogP contribution in [0.3, 0.4) is 0 Å². The van der Waals surface area contributed by atoms with Crippen LogP contribution in [0.2, 0.25) is 0 Å². The molecular formula is C39H42N2O4. The molecule has 2 aliphatic heterocycles. The zero-order valence-corrected chi connectivity index (χ0v) is 26.5. The molecule has 3 aromatic rings. The molecule has 2 fully saturated rings. The van der Waals surface area contributed by atoms with Gasteiger partial charge < -0.3 is 14.4 Å². The second-order valence-corrected chi connectivity index (χ2v) is 13.6. The third-order valence-corrected chi connectivity index (χ3v) is 10.5. The lowest BCUT2D eigenvalue weighted by atomic mass is 9.50. The Labute approximate surface area is 266 Å². The fraction of sp³-hybridized carbons (Fsp3) is 0.436. The highest BCUT2D eigenvalue weighted by Crippen LogP contribution is 2.64. The maximum absolute atomic E-state index is 13.9. The fourth-order valence-electron chi connectivity index (χ4n) is 8.84. The van der Waals surface area contributed by atoms with Gasteiger partial charge >= 0.3 is 5.97 Å². The van der Waals surface area contributed by atoms with E-state index in [0.717, 1.165) is 62.1 Å². The Morgan fingerprint density at radius 3 is 2.53 bits per heavy atom. The highest BCUT2D eigenvalue weighted by molar-refractivity contribution is 5.94. The number of carbonyl (C=O) groups is 2. The molecule has 1 amide bonds. The van der Waals surface area contributed by atoms with Crippen LogP contribution in [0.25, 0.3) is 0 Å². The van der Waals surface area contributed by atoms with Crippen molar-refractivity contribution >= 4 is 11.9 Å². The molecule has 2 aliphatic carbocycles. The van der Waals surface area contributed by atoms with Gasteiger partial charge in [0.1, 0.15) is 17.6 Å². The summed E-state index contributed by atoms with van der Waals surface area (Å²) in [6.07, 6.45) is 4.52. The Kier molecular flexibility index (Phi) is 7.91. The summed E-state index contributed by atoms with van der Waals surface area (Å²) in [5, 5.41) is 0. The maximum atomic E-state index is 13.9. The molecule has 6 nitrogen and oxygen atoms in total. The van der Waals surface area contributed by atoms with Gasteiger partial charge in [-0.15, -0.1) is 0 Å². The number of amides is 1. The van der Waals surface area contributed by atoms with Gasteiger partial charge in [-0.2, -0.15) is 0 Å². The van der Waals surface area contributed by atoms with Crippen LogP contribution in [0, 0.1) is 23.7 Å². The van der Waals surface area contributed by atoms with E-state index in [1.807, 2.05) is 47.4 Å². The second kappa shape index (κ2) is 12.0. The van der Waals surface area contributed by atoms with Crippen LogP contribution in [-0.4, -0.2) is 59.5 Å². The van der Waals surface area contributed by atoms with Gasteiger partial charge in [0.15, 0.2) is 0 Å². The van der Waals surface area contributed by atoms with Crippen LogP contribution in [0.5, 0.6) is 11.5 Å². The molecule has 1 saturated carbocycles. The predicted molar refractivity (Wildman–Crippen MR) is 174 cm³/mol. The van der Waals surface area contributed by atoms with E-state index in [1.54, 1.807) is 0 Å². The Bertz CT molecular complexity index is 1640. The third kappa shape index (κ3) is 5.32. The molecule has 2 heterocycles. The van der Waals surface area contributed by atoms with E-state index < -0.39 is 0 Å². The van der Waals surface area contributed by atoms with Gasteiger partial charge in [0.05, 0.1) is 6.04 Å². The van der Waals surface area contributed by atoms with Crippen LogP contribution in [0.4, 0.5) is 0 Å². The van der Waals surface area contributed by atoms with Crippen molar-refractivity contribution in [2.75, 3.05) is 19.6 Å². The molecule has 1 saturated heterocycles. The van der Waals surface area contributed by atoms with Crippen molar-refractivity contribution in [2.24, 2.45) is 11.8 Å². The minimum atomic E-state index is -0.306. The third-order valence-electron chi connectivity index (χ3n) is 10.5. The lowest BCUT2D eigenvalue weighted by molar-refractivity contribution is -0.138. The summed E-state index contributed by atoms with van der Waals surface area (Å²) in [7, 11) is 0. The second-order valence-electron chi connectivity index (χ2n) is 13.6. The smallest absolute Gasteiger partial charge is 0.308 e. The van der Waals surface area contributed by atoms with Crippen molar-refractivity contribution < 1.29 is 19.1 Å². The van der Waals surface area contributed by atoms with Crippen molar-refractivity contribution in [3.63, 3.8) is 0 Å². The quantitative estimate of drug-likeness (QED) is 0.195. The van der Waals surface area contributed by atoms with Crippen molar-refractivity contribution in [3.8, 4) is 23.3 Å². The van der Waals surface area contributed by atoms with E-state index in [2.05, 4.69) is 60.9 Å². The molecule has 7 rings (SSSR count). The first kappa shape index (κ1) is 29.6. The number of ether oxygens (including phenoxy) is 2. The summed E-state index contributed by atoms with van der Waals surface area (Å²) < 4.78 is 12.8. The Morgan fingerprint density at radius 2 is 1.80 bits per heavy atom. The number of piperidine rings is 1. The molecule has 0 unspecified atom stereocenters. The summed E-state index contributed by atoms with van der Waals surface area (Å²) in [4.78, 5) is 30.8. The monoisotopic (exact) mass is 602 g/mol. The van der Waals surface area contributed by atoms with Crippen LogP contribution in [-0.2, 0) is 27.8 Å². The minimum Gasteiger partial charge on any atom is -0.487 e. The highest BCUT2D eigenvalue weighted by atomic mass is 16.5. The van der Waals surface area contributed by atoms with Gasteiger partial charge in [-0.05, 0) is 80.3 Å². The number of hydrogen-bond acceptors (Lipinski definition) is 5. The average molecular weight is 603 g/mol. The Morgan fingerprint density at radius 1 is 1.04 bits per heavy atom. The average Bonchev–Trinajstić information content (AvgIpc) is 3.37. The number of benzene rings is 3. The first-order valence-electron chi connectivity index (χ1n) is 16.5. The van der Waals surface area contributed by atoms with E-state index in [4.69, 9.17) is 9.47 Å². The lowest BCUT2D eigenvalue weighted by Crippen LogP contribution is -2.69. The molecule has 6 heteroatoms. The minimum absolute atomic E-state index is 0.0896. The van der Waals surface area contributed by atoms with E-state index in [1.165, 1.54) is 18.1 Å². The van der Waals surface area contributed by atoms with Crippen molar-refractivity contribution in [3.05, 3.63) is 95.1 Å². The number of rotatable bonds is 7. The molecule has 0 aromatic heterocycles. The van der Waals surface area contributed by atoms with Crippen molar-refractivity contribution in [1.82, 2.24) is 9.80 Å². The van der Waals surface area contributed by atoms with E-state index in [9.17, 15) is 9.59 Å². The van der Waals surface area contributed by atoms with Crippen LogP contribution >= 0.6 is 0 Å². The first-order valence-corrected chi connectivity index (χ1v) is 16.5. The molecule has 4 aliphatic rings. The molecule has 0 N–H and O–H groups in total. The summed E-state index contributed by atoms with van der Waals surface area (Å²) in [5.41, 5.74) is 4.29. The summed E-state index contributed by atoms with van der Waals surface area (Å²) in [6.45, 7) is 8.37. The van der Waals surface area contributed by atoms with Gasteiger partial charge in [0, 0.05) is 54.1 Å². The zero-order valence-electron chi connectivity index (χ0n) is 26.5. The van der Waals surface area contributed by atoms with E-state index in [-0.39, 0.29) is 35.4 Å². The SMILES string of the molecule is CC(=O)Oc1ccc2c3c1C[C@@H]1[C@@H]4CC[C@H](N(CC(C)C)C(=O)C#Cc5ccccc5)[C@H](O2)[C@]34CCN1CCc1ccccc1. The van der Waals surface area contributed by atoms with Gasteiger partial charge in [-0.1, -0.05) is 68.3 Å². The normalized spacial score (nSPS) is 25.9. The summed E-state index contributed by atoms with van der Waals surface area (Å²) >= 11 is 0. The molecular weight excluding hydrogens is 560 g/mol. The number of esters is 1. The Hall–Kier alpha value is -4.08. The number of nitrogens with zero attached hydrogens (tertiary/aromatic N) is 2. The maximum Gasteiger partial charge on any atom is 0.308 e. The van der Waals surface area contributed by atoms with Gasteiger partial charge in [-0.25, -0.2) is 0 Å². The number of carbonyl (C=O) groups excluding carboxylic acids is 2. The number of hydrogen-bond donors (Lipinski definition) is 0. The molecule has 0 radical (unpaired) electrons. The molecule has 5 atom stereocenters. The van der Waals surface area contributed by atoms with Gasteiger partial charge in [0.25, 0.3) is 5.91 Å². The van der Waals surface area contributed by atoms with E-state index >= 15 is 0 Å². The lowest BCUT2D eigenvalue weighted by Gasteiger charge is -2.60. The molecule has 232 valence electrons. The molecule has 45 heavy (non-hydrogen) atoms. The predicted octanol–water partition coefficient (Wildman–Crippen LogP) is 5.80. The molecule has 3 aromatic carbocycles. The van der Waals surface area contributed by atoms with Crippen LogP contribution in [0.1, 0.15) is 62.3 Å². The molecule has 1 spiro atoms. The zero-order chi connectivity index (χ0) is 31.1. The molecule has 2 bridgehead atoms. The summed E-state index contributed by atoms with van der Waals surface area (Å²) in [6, 6.07) is 24.5. The topological polar surface area (TPSA) is 59.1 Å². The van der Waals surface area contributed by atoms with Gasteiger partial charge in [0.2, 0.25) is 0 Å². The van der Waals surface area contributed by atoms with Crippen LogP contribution in [0.15, 0.2) is 72.8 Å². The first-order chi connectivity index (χ1) is 21.8. The van der Waals surface area contributed by atoms with Crippen molar-refractivity contribution in [1.29, 1.82) is 0 Å². The largest absolute Gasteiger partial charge is 0.487 e. The van der Waals surface area contributed by atoms with Crippen LogP contribution < -0.4 is 9.47 Å². The summed E-state index contributed by atoms with van der Waals surface area (Å²) in [5.74, 6) is 7.88. The Balaban J connectivity index is 1.26. The van der Waals surface area contributed by atoms with Crippen molar-refractivity contribution in [2.45, 2.75) is 76.5 Å². The highest BCUT2D eigenvalue weighted by Gasteiger charge is 2.66. The van der Waals surface area contributed by atoms with Gasteiger partial charge in [-0.3, -0.25) is 14.5 Å². The van der Waals surface area contributed by atoms with E-state index in [0.29, 0.717) is 24.3 Å². The fourth-order valence-corrected chi connectivity index (χ4v) is 8.84. The number of likely N-dealkylation sites (tertiary alicyclic amines) is 1.